The number of hydrogen-bond donors (Lipinski definition) is 2. The molecule has 0 radical (unpaired) electrons. The molecular weight excluding hydrogens is 232 g/mol. The molecule has 6 heteroatoms. The van der Waals surface area contributed by atoms with Crippen molar-refractivity contribution in [1.82, 2.24) is 9.97 Å². The van der Waals surface area contributed by atoms with Gasteiger partial charge in [-0.3, -0.25) is 4.79 Å². The lowest BCUT2D eigenvalue weighted by molar-refractivity contribution is -0.118. The van der Waals surface area contributed by atoms with Gasteiger partial charge in [-0.1, -0.05) is 0 Å². The van der Waals surface area contributed by atoms with E-state index in [1.807, 2.05) is 27.7 Å². The molecule has 0 spiro atoms. The summed E-state index contributed by atoms with van der Waals surface area (Å²) in [7, 11) is 0. The first kappa shape index (κ1) is 14.2. The molecule has 1 unspecified atom stereocenters. The number of aryl methyl sites for hydroxylation is 1. The van der Waals surface area contributed by atoms with Crippen molar-refractivity contribution in [3.05, 3.63) is 11.8 Å². The van der Waals surface area contributed by atoms with Gasteiger partial charge in [0.1, 0.15) is 0 Å². The standard InChI is InChI=1S/C12H20N4O2/c1-7(2)18-11-6-9(4)15-12(16-11)14-8(3)5-10(13)17/h6-8H,5H2,1-4H3,(H2,13,17)(H,14,15,16). The molecule has 0 aliphatic heterocycles. The van der Waals surface area contributed by atoms with Crippen LogP contribution in [0.15, 0.2) is 6.07 Å². The van der Waals surface area contributed by atoms with Crippen LogP contribution in [0.2, 0.25) is 0 Å². The molecule has 0 bridgehead atoms. The Bertz CT molecular complexity index is 421. The van der Waals surface area contributed by atoms with Crippen LogP contribution in [0.3, 0.4) is 0 Å². The fourth-order valence-corrected chi connectivity index (χ4v) is 1.48. The highest BCUT2D eigenvalue weighted by Gasteiger charge is 2.10. The predicted octanol–water partition coefficient (Wildman–Crippen LogP) is 1.25. The van der Waals surface area contributed by atoms with E-state index in [-0.39, 0.29) is 24.5 Å². The molecule has 1 aromatic rings. The minimum Gasteiger partial charge on any atom is -0.475 e. The molecule has 0 saturated carbocycles. The Hall–Kier alpha value is -1.85. The van der Waals surface area contributed by atoms with Crippen LogP contribution in [0.1, 0.15) is 32.9 Å². The molecule has 1 heterocycles. The van der Waals surface area contributed by atoms with Crippen LogP contribution >= 0.6 is 0 Å². The number of ether oxygens (including phenoxy) is 1. The summed E-state index contributed by atoms with van der Waals surface area (Å²) in [6, 6.07) is 1.65. The third kappa shape index (κ3) is 4.99. The van der Waals surface area contributed by atoms with Crippen molar-refractivity contribution in [1.29, 1.82) is 0 Å². The number of nitrogens with zero attached hydrogens (tertiary/aromatic N) is 2. The van der Waals surface area contributed by atoms with Crippen LogP contribution in [-0.4, -0.2) is 28.0 Å². The monoisotopic (exact) mass is 252 g/mol. The smallest absolute Gasteiger partial charge is 0.226 e. The van der Waals surface area contributed by atoms with Gasteiger partial charge in [0, 0.05) is 24.2 Å². The zero-order chi connectivity index (χ0) is 13.7. The van der Waals surface area contributed by atoms with Crippen LogP contribution in [0.5, 0.6) is 5.88 Å². The first-order valence-corrected chi connectivity index (χ1v) is 5.94. The molecule has 1 atom stereocenters. The van der Waals surface area contributed by atoms with Gasteiger partial charge in [0.2, 0.25) is 17.7 Å². The lowest BCUT2D eigenvalue weighted by Crippen LogP contribution is -2.25. The highest BCUT2D eigenvalue weighted by molar-refractivity contribution is 5.74. The van der Waals surface area contributed by atoms with Crippen LogP contribution in [0.25, 0.3) is 0 Å². The van der Waals surface area contributed by atoms with Gasteiger partial charge in [0.05, 0.1) is 6.10 Å². The Morgan fingerprint density at radius 3 is 2.67 bits per heavy atom. The third-order valence-electron chi connectivity index (χ3n) is 2.07. The topological polar surface area (TPSA) is 90.1 Å². The number of aromatic nitrogens is 2. The Morgan fingerprint density at radius 2 is 2.11 bits per heavy atom. The lowest BCUT2D eigenvalue weighted by atomic mass is 10.2. The summed E-state index contributed by atoms with van der Waals surface area (Å²) in [5.74, 6) is 0.604. The van der Waals surface area contributed by atoms with E-state index in [2.05, 4.69) is 15.3 Å². The van der Waals surface area contributed by atoms with Crippen molar-refractivity contribution >= 4 is 11.9 Å². The second kappa shape index (κ2) is 6.18. The molecule has 1 amide bonds. The molecule has 0 aliphatic rings. The number of amides is 1. The second-order valence-corrected chi connectivity index (χ2v) is 4.55. The van der Waals surface area contributed by atoms with Gasteiger partial charge in [0.15, 0.2) is 0 Å². The number of rotatable bonds is 6. The molecule has 0 aromatic carbocycles. The van der Waals surface area contributed by atoms with Crippen molar-refractivity contribution in [2.45, 2.75) is 46.3 Å². The number of nitrogens with one attached hydrogen (secondary N) is 1. The van der Waals surface area contributed by atoms with Crippen LogP contribution < -0.4 is 15.8 Å². The van der Waals surface area contributed by atoms with E-state index in [4.69, 9.17) is 10.5 Å². The van der Waals surface area contributed by atoms with E-state index in [1.165, 1.54) is 0 Å². The Labute approximate surface area is 107 Å². The van der Waals surface area contributed by atoms with Crippen molar-refractivity contribution in [3.8, 4) is 5.88 Å². The summed E-state index contributed by atoms with van der Waals surface area (Å²) in [4.78, 5) is 19.3. The number of anilines is 1. The second-order valence-electron chi connectivity index (χ2n) is 4.55. The normalized spacial score (nSPS) is 12.3. The van der Waals surface area contributed by atoms with Gasteiger partial charge in [0.25, 0.3) is 0 Å². The SMILES string of the molecule is Cc1cc(OC(C)C)nc(NC(C)CC(N)=O)n1. The molecule has 0 saturated heterocycles. The molecule has 100 valence electrons. The quantitative estimate of drug-likeness (QED) is 0.795. The Kier molecular flexibility index (Phi) is 4.88. The summed E-state index contributed by atoms with van der Waals surface area (Å²) in [5, 5.41) is 3.02. The summed E-state index contributed by atoms with van der Waals surface area (Å²) in [6.07, 6.45) is 0.285. The average Bonchev–Trinajstić information content (AvgIpc) is 2.12. The van der Waals surface area contributed by atoms with Gasteiger partial charge in [-0.2, -0.15) is 4.98 Å². The molecular formula is C12H20N4O2. The van der Waals surface area contributed by atoms with Crippen LogP contribution in [0, 0.1) is 6.92 Å². The minimum absolute atomic E-state index is 0.0511. The maximum atomic E-state index is 10.8. The summed E-state index contributed by atoms with van der Waals surface area (Å²) in [5.41, 5.74) is 5.93. The van der Waals surface area contributed by atoms with Crippen molar-refractivity contribution in [3.63, 3.8) is 0 Å². The molecule has 18 heavy (non-hydrogen) atoms. The van der Waals surface area contributed by atoms with Gasteiger partial charge < -0.3 is 15.8 Å². The van der Waals surface area contributed by atoms with Gasteiger partial charge >= 0.3 is 0 Å². The lowest BCUT2D eigenvalue weighted by Gasteiger charge is -2.14. The van der Waals surface area contributed by atoms with E-state index < -0.39 is 0 Å². The number of hydrogen-bond acceptors (Lipinski definition) is 5. The highest BCUT2D eigenvalue weighted by Crippen LogP contribution is 2.14. The van der Waals surface area contributed by atoms with E-state index in [9.17, 15) is 4.79 Å². The number of carbonyl (C=O) groups excluding carboxylic acids is 1. The zero-order valence-electron chi connectivity index (χ0n) is 11.2. The van der Waals surface area contributed by atoms with Gasteiger partial charge in [-0.15, -0.1) is 0 Å². The highest BCUT2D eigenvalue weighted by atomic mass is 16.5. The van der Waals surface area contributed by atoms with Crippen molar-refractivity contribution < 1.29 is 9.53 Å². The fraction of sp³-hybridized carbons (Fsp3) is 0.583. The maximum absolute atomic E-state index is 10.8. The molecule has 0 fully saturated rings. The Balaban J connectivity index is 2.76. The van der Waals surface area contributed by atoms with Crippen molar-refractivity contribution in [2.75, 3.05) is 5.32 Å². The Morgan fingerprint density at radius 1 is 1.44 bits per heavy atom. The van der Waals surface area contributed by atoms with Crippen LogP contribution in [-0.2, 0) is 4.79 Å². The molecule has 0 aliphatic carbocycles. The average molecular weight is 252 g/mol. The first-order valence-electron chi connectivity index (χ1n) is 5.94. The molecule has 3 N–H and O–H groups in total. The van der Waals surface area contributed by atoms with E-state index >= 15 is 0 Å². The molecule has 1 rings (SSSR count). The maximum Gasteiger partial charge on any atom is 0.226 e. The third-order valence-corrected chi connectivity index (χ3v) is 2.07. The minimum atomic E-state index is -0.360. The van der Waals surface area contributed by atoms with Gasteiger partial charge in [-0.25, -0.2) is 4.98 Å². The number of nitrogens with two attached hydrogens (primary N) is 1. The summed E-state index contributed by atoms with van der Waals surface area (Å²) >= 11 is 0. The summed E-state index contributed by atoms with van der Waals surface area (Å²) < 4.78 is 5.52. The van der Waals surface area contributed by atoms with Gasteiger partial charge in [-0.05, 0) is 27.7 Å². The van der Waals surface area contributed by atoms with Crippen LogP contribution in [0.4, 0.5) is 5.95 Å². The summed E-state index contributed by atoms with van der Waals surface area (Å²) in [6.45, 7) is 7.57. The molecule has 1 aromatic heterocycles. The predicted molar refractivity (Wildman–Crippen MR) is 69.4 cm³/mol. The largest absolute Gasteiger partial charge is 0.475 e. The van der Waals surface area contributed by atoms with E-state index in [0.717, 1.165) is 5.69 Å². The van der Waals surface area contributed by atoms with E-state index in [1.54, 1.807) is 6.07 Å². The number of carbonyl (C=O) groups is 1. The number of primary amides is 1. The molecule has 6 nitrogen and oxygen atoms in total. The zero-order valence-corrected chi connectivity index (χ0v) is 11.2. The van der Waals surface area contributed by atoms with Crippen molar-refractivity contribution in [2.24, 2.45) is 5.73 Å². The first-order chi connectivity index (χ1) is 8.36. The van der Waals surface area contributed by atoms with E-state index in [0.29, 0.717) is 11.8 Å². The fourth-order valence-electron chi connectivity index (χ4n) is 1.48.